The first-order valence-corrected chi connectivity index (χ1v) is 27.2. The molecule has 68 heavy (non-hydrogen) atoms. The highest BCUT2D eigenvalue weighted by molar-refractivity contribution is 5.76. The molecule has 0 spiro atoms. The van der Waals surface area contributed by atoms with Crippen LogP contribution in [-0.2, 0) is 23.8 Å². The van der Waals surface area contributed by atoms with Crippen LogP contribution in [-0.4, -0.2) is 100 Å². The topological polar surface area (TPSA) is 175 Å². The van der Waals surface area contributed by atoms with Crippen LogP contribution in [0.2, 0.25) is 0 Å². The molecule has 11 nitrogen and oxygen atoms in total. The molecule has 7 unspecified atom stereocenters. The molecular formula is C57H99NO10. The lowest BCUT2D eigenvalue weighted by Crippen LogP contribution is -2.60. The zero-order valence-corrected chi connectivity index (χ0v) is 42.8. The van der Waals surface area contributed by atoms with Crippen molar-refractivity contribution >= 4 is 11.9 Å². The van der Waals surface area contributed by atoms with Gasteiger partial charge in [0.1, 0.15) is 24.4 Å². The molecule has 0 aliphatic carbocycles. The van der Waals surface area contributed by atoms with E-state index in [1.54, 1.807) is 6.08 Å². The van der Waals surface area contributed by atoms with E-state index in [1.165, 1.54) is 96.3 Å². The van der Waals surface area contributed by atoms with Crippen LogP contribution in [0.4, 0.5) is 0 Å². The van der Waals surface area contributed by atoms with Crippen LogP contribution in [0.3, 0.4) is 0 Å². The summed E-state index contributed by atoms with van der Waals surface area (Å²) < 4.78 is 16.6. The van der Waals surface area contributed by atoms with Crippen molar-refractivity contribution in [2.45, 2.75) is 256 Å². The quantitative estimate of drug-likeness (QED) is 0.0196. The van der Waals surface area contributed by atoms with Gasteiger partial charge in [0.25, 0.3) is 0 Å². The fourth-order valence-corrected chi connectivity index (χ4v) is 7.93. The molecule has 1 aliphatic heterocycles. The Labute approximate surface area is 413 Å². The number of esters is 1. The monoisotopic (exact) mass is 958 g/mol. The summed E-state index contributed by atoms with van der Waals surface area (Å²) in [7, 11) is 0. The Morgan fingerprint density at radius 1 is 0.559 bits per heavy atom. The lowest BCUT2D eigenvalue weighted by atomic mass is 9.99. The molecule has 0 aromatic rings. The number of rotatable bonds is 45. The van der Waals surface area contributed by atoms with Gasteiger partial charge in [-0.25, -0.2) is 0 Å². The van der Waals surface area contributed by atoms with Crippen molar-refractivity contribution in [2.24, 2.45) is 0 Å². The Morgan fingerprint density at radius 3 is 1.65 bits per heavy atom. The maximum Gasteiger partial charge on any atom is 0.305 e. The van der Waals surface area contributed by atoms with Crippen LogP contribution < -0.4 is 5.32 Å². The van der Waals surface area contributed by atoms with Gasteiger partial charge in [0, 0.05) is 12.8 Å². The summed E-state index contributed by atoms with van der Waals surface area (Å²) in [4.78, 5) is 25.0. The van der Waals surface area contributed by atoms with Crippen molar-refractivity contribution in [1.82, 2.24) is 5.32 Å². The van der Waals surface area contributed by atoms with E-state index in [-0.39, 0.29) is 24.9 Å². The van der Waals surface area contributed by atoms with Gasteiger partial charge in [-0.1, -0.05) is 177 Å². The average molecular weight is 958 g/mol. The van der Waals surface area contributed by atoms with E-state index in [4.69, 9.17) is 14.2 Å². The lowest BCUT2D eigenvalue weighted by Gasteiger charge is -2.40. The van der Waals surface area contributed by atoms with E-state index in [1.807, 2.05) is 18.2 Å². The molecule has 1 fully saturated rings. The van der Waals surface area contributed by atoms with Crippen LogP contribution >= 0.6 is 0 Å². The second-order valence-electron chi connectivity index (χ2n) is 18.5. The number of unbranched alkanes of at least 4 members (excludes halogenated alkanes) is 21. The van der Waals surface area contributed by atoms with Gasteiger partial charge in [0.05, 0.1) is 32.0 Å². The van der Waals surface area contributed by atoms with E-state index < -0.39 is 49.5 Å². The van der Waals surface area contributed by atoms with Gasteiger partial charge in [-0.3, -0.25) is 9.59 Å². The number of aliphatic hydroxyl groups excluding tert-OH is 5. The molecule has 0 aromatic heterocycles. The van der Waals surface area contributed by atoms with Crippen molar-refractivity contribution in [2.75, 3.05) is 19.8 Å². The normalized spacial score (nSPS) is 20.0. The summed E-state index contributed by atoms with van der Waals surface area (Å²) in [6, 6.07) is -0.879. The lowest BCUT2D eigenvalue weighted by molar-refractivity contribution is -0.302. The third-order valence-corrected chi connectivity index (χ3v) is 12.3. The van der Waals surface area contributed by atoms with Gasteiger partial charge in [0.2, 0.25) is 5.91 Å². The second-order valence-corrected chi connectivity index (χ2v) is 18.5. The second kappa shape index (κ2) is 46.5. The number of hydrogen-bond acceptors (Lipinski definition) is 10. The third kappa shape index (κ3) is 36.1. The fraction of sp³-hybridized carbons (Fsp3) is 0.754. The predicted octanol–water partition coefficient (Wildman–Crippen LogP) is 11.7. The number of carbonyl (C=O) groups is 2. The minimum Gasteiger partial charge on any atom is -0.466 e. The van der Waals surface area contributed by atoms with E-state index in [0.717, 1.165) is 77.0 Å². The first-order valence-electron chi connectivity index (χ1n) is 27.2. The number of hydrogen-bond donors (Lipinski definition) is 6. The molecule has 11 heteroatoms. The summed E-state index contributed by atoms with van der Waals surface area (Å²) in [5.41, 5.74) is 0. The van der Waals surface area contributed by atoms with Crippen LogP contribution in [0.25, 0.3) is 0 Å². The van der Waals surface area contributed by atoms with Crippen LogP contribution in [0.5, 0.6) is 0 Å². The average Bonchev–Trinajstić information content (AvgIpc) is 3.33. The molecule has 1 amide bonds. The molecule has 0 aromatic carbocycles. The molecule has 6 N–H and O–H groups in total. The standard InChI is InChI=1S/C57H99NO10/c1-3-5-7-9-11-13-15-16-17-18-19-22-25-29-33-37-41-45-53(62)66-46-42-38-34-30-26-23-20-21-24-28-32-36-40-44-52(61)58-49(48-67-57-56(65)55(64)54(63)51(47-59)68-57)50(60)43-39-35-31-27-14-12-10-8-6-4-2/h6,8,14,16-17,21,24,27,32,36,39,43,49-51,54-57,59-60,63-65H,3-5,7,9-13,15,18-20,22-23,25-26,28-31,33-35,37-38,40-42,44-48H2,1-2H3,(H,58,61)/b8-6+,17-16-,24-21-,27-14+,36-32-,43-39+. The Hall–Kier alpha value is -2.90. The number of allylic oxidation sites excluding steroid dienone is 11. The van der Waals surface area contributed by atoms with E-state index in [2.05, 4.69) is 67.8 Å². The first-order chi connectivity index (χ1) is 33.2. The summed E-state index contributed by atoms with van der Waals surface area (Å²) in [5.74, 6) is -0.328. The largest absolute Gasteiger partial charge is 0.466 e. The van der Waals surface area contributed by atoms with Crippen LogP contribution in [0.1, 0.15) is 213 Å². The Morgan fingerprint density at radius 2 is 1.06 bits per heavy atom. The molecule has 0 saturated carbocycles. The van der Waals surface area contributed by atoms with Gasteiger partial charge in [-0.15, -0.1) is 0 Å². The van der Waals surface area contributed by atoms with Crippen LogP contribution in [0, 0.1) is 0 Å². The van der Waals surface area contributed by atoms with Gasteiger partial charge in [-0.05, 0) is 96.3 Å². The maximum absolute atomic E-state index is 12.9. The zero-order chi connectivity index (χ0) is 49.6. The summed E-state index contributed by atoms with van der Waals surface area (Å²) in [5, 5.41) is 54.0. The smallest absolute Gasteiger partial charge is 0.305 e. The van der Waals surface area contributed by atoms with Crippen LogP contribution in [0.15, 0.2) is 72.9 Å². The van der Waals surface area contributed by atoms with Crippen molar-refractivity contribution in [3.63, 3.8) is 0 Å². The van der Waals surface area contributed by atoms with Gasteiger partial charge in [-0.2, -0.15) is 0 Å². The minimum absolute atomic E-state index is 0.0460. The van der Waals surface area contributed by atoms with Crippen molar-refractivity contribution < 1.29 is 49.3 Å². The number of amides is 1. The molecule has 1 heterocycles. The number of aliphatic hydroxyl groups is 5. The van der Waals surface area contributed by atoms with Crippen molar-refractivity contribution in [3.05, 3.63) is 72.9 Å². The van der Waals surface area contributed by atoms with Crippen molar-refractivity contribution in [3.8, 4) is 0 Å². The number of ether oxygens (including phenoxy) is 3. The van der Waals surface area contributed by atoms with Gasteiger partial charge >= 0.3 is 5.97 Å². The Bertz CT molecular complexity index is 1360. The highest BCUT2D eigenvalue weighted by atomic mass is 16.7. The third-order valence-electron chi connectivity index (χ3n) is 12.3. The van der Waals surface area contributed by atoms with Crippen molar-refractivity contribution in [1.29, 1.82) is 0 Å². The highest BCUT2D eigenvalue weighted by Gasteiger charge is 2.44. The predicted molar refractivity (Wildman–Crippen MR) is 278 cm³/mol. The van der Waals surface area contributed by atoms with Gasteiger partial charge in [0.15, 0.2) is 6.29 Å². The SMILES string of the molecule is CC/C=C/CC/C=C/CC/C=C/C(O)C(COC1OC(CO)C(O)C(O)C1O)NC(=O)CC/C=C\C/C=C\CCCCCCCCOC(=O)CCCCCCCCC/C=C\CCCCCCCC. The first kappa shape index (κ1) is 63.1. The molecule has 1 rings (SSSR count). The van der Waals surface area contributed by atoms with E-state index in [9.17, 15) is 35.1 Å². The maximum atomic E-state index is 12.9. The molecule has 7 atom stereocenters. The Balaban J connectivity index is 2.16. The highest BCUT2D eigenvalue weighted by Crippen LogP contribution is 2.22. The molecule has 1 saturated heterocycles. The Kier molecular flexibility index (Phi) is 43.1. The molecule has 0 bridgehead atoms. The zero-order valence-electron chi connectivity index (χ0n) is 42.8. The molecular weight excluding hydrogens is 859 g/mol. The van der Waals surface area contributed by atoms with E-state index in [0.29, 0.717) is 25.9 Å². The molecule has 1 aliphatic rings. The summed E-state index contributed by atoms with van der Waals surface area (Å²) in [6.45, 7) is 4.08. The molecule has 392 valence electrons. The fourth-order valence-electron chi connectivity index (χ4n) is 7.93. The van der Waals surface area contributed by atoms with E-state index >= 15 is 0 Å². The molecule has 0 radical (unpaired) electrons. The number of carbonyl (C=O) groups excluding carboxylic acids is 2. The minimum atomic E-state index is -1.60. The van der Waals surface area contributed by atoms with Gasteiger partial charge < -0.3 is 45.1 Å². The number of nitrogens with one attached hydrogen (secondary N) is 1. The summed E-state index contributed by atoms with van der Waals surface area (Å²) >= 11 is 0. The summed E-state index contributed by atoms with van der Waals surface area (Å²) in [6.07, 6.45) is 50.2.